The largest absolute Gasteiger partial charge is 0.313 e. The Morgan fingerprint density at radius 3 is 2.73 bits per heavy atom. The molecule has 6 heteroatoms. The number of nitriles is 1. The summed E-state index contributed by atoms with van der Waals surface area (Å²) in [6.45, 7) is 0.537. The third-order valence-corrected chi connectivity index (χ3v) is 4.24. The van der Waals surface area contributed by atoms with Crippen molar-refractivity contribution < 1.29 is 13.2 Å². The summed E-state index contributed by atoms with van der Waals surface area (Å²) in [4.78, 5) is 12.7. The average molecular weight is 226 g/mol. The lowest BCUT2D eigenvalue weighted by Crippen LogP contribution is -2.43. The molecule has 0 unspecified atom stereocenters. The van der Waals surface area contributed by atoms with Crippen LogP contribution in [0.4, 0.5) is 0 Å². The molecule has 15 heavy (non-hydrogen) atoms. The van der Waals surface area contributed by atoms with Gasteiger partial charge in [0.15, 0.2) is 14.7 Å². The molecule has 1 fully saturated rings. The summed E-state index contributed by atoms with van der Waals surface area (Å²) in [5.41, 5.74) is 0.403. The molecule has 0 aromatic carbocycles. The maximum Gasteiger partial charge on any atom is 0.242 e. The number of rotatable bonds is 0. The third kappa shape index (κ3) is 1.53. The number of hydrogen-bond acceptors (Lipinski definition) is 4. The predicted molar refractivity (Wildman–Crippen MR) is 52.0 cm³/mol. The molecule has 0 aromatic heterocycles. The van der Waals surface area contributed by atoms with Gasteiger partial charge in [0.05, 0.1) is 5.70 Å². The Morgan fingerprint density at radius 2 is 2.07 bits per heavy atom. The minimum Gasteiger partial charge on any atom is -0.313 e. The Morgan fingerprint density at radius 1 is 1.33 bits per heavy atom. The number of carbonyl (C=O) groups excluding carboxylic acids is 1. The van der Waals surface area contributed by atoms with Crippen molar-refractivity contribution in [2.24, 2.45) is 0 Å². The molecule has 2 heterocycles. The van der Waals surface area contributed by atoms with Crippen molar-refractivity contribution in [1.29, 1.82) is 5.26 Å². The number of nitrogens with zero attached hydrogens (tertiary/aromatic N) is 2. The van der Waals surface area contributed by atoms with Crippen LogP contribution in [0.25, 0.3) is 0 Å². The van der Waals surface area contributed by atoms with Crippen LogP contribution in [0.1, 0.15) is 19.3 Å². The fourth-order valence-corrected chi connectivity index (χ4v) is 3.31. The van der Waals surface area contributed by atoms with Gasteiger partial charge in [0.1, 0.15) is 11.8 Å². The summed E-state index contributed by atoms with van der Waals surface area (Å²) < 4.78 is 23.1. The molecule has 5 nitrogen and oxygen atoms in total. The fraction of sp³-hybridized carbons (Fsp3) is 0.556. The third-order valence-electron chi connectivity index (χ3n) is 2.66. The molecule has 0 radical (unpaired) electrons. The fourth-order valence-electron chi connectivity index (χ4n) is 1.97. The molecule has 1 amide bonds. The molecule has 2 aliphatic heterocycles. The van der Waals surface area contributed by atoms with Crippen LogP contribution in [-0.2, 0) is 14.6 Å². The minimum atomic E-state index is -3.67. The molecule has 2 aliphatic rings. The van der Waals surface area contributed by atoms with E-state index in [0.717, 1.165) is 12.8 Å². The Balaban J connectivity index is 2.60. The van der Waals surface area contributed by atoms with Crippen LogP contribution in [-0.4, -0.2) is 31.5 Å². The average Bonchev–Trinajstić information content (AvgIpc) is 2.17. The smallest absolute Gasteiger partial charge is 0.242 e. The zero-order valence-electron chi connectivity index (χ0n) is 8.06. The summed E-state index contributed by atoms with van der Waals surface area (Å²) in [6.07, 6.45) is 2.21. The monoisotopic (exact) mass is 226 g/mol. The first-order chi connectivity index (χ1) is 7.06. The van der Waals surface area contributed by atoms with Gasteiger partial charge in [-0.05, 0) is 19.3 Å². The first-order valence-electron chi connectivity index (χ1n) is 4.72. The van der Waals surface area contributed by atoms with Crippen molar-refractivity contribution in [2.75, 3.05) is 12.3 Å². The zero-order valence-corrected chi connectivity index (χ0v) is 8.88. The number of hydrogen-bond donors (Lipinski definition) is 0. The highest BCUT2D eigenvalue weighted by Crippen LogP contribution is 2.30. The van der Waals surface area contributed by atoms with Crippen LogP contribution in [0, 0.1) is 11.3 Å². The van der Waals surface area contributed by atoms with E-state index in [-0.39, 0.29) is 4.91 Å². The Bertz CT molecular complexity index is 484. The van der Waals surface area contributed by atoms with Crippen LogP contribution >= 0.6 is 0 Å². The summed E-state index contributed by atoms with van der Waals surface area (Å²) in [6, 6.07) is 1.71. The van der Waals surface area contributed by atoms with Crippen LogP contribution in [0.5, 0.6) is 0 Å². The number of fused-ring (bicyclic) bond motifs is 1. The van der Waals surface area contributed by atoms with Crippen LogP contribution < -0.4 is 0 Å². The van der Waals surface area contributed by atoms with Gasteiger partial charge in [0.2, 0.25) is 5.91 Å². The molecule has 0 aromatic rings. The molecule has 0 spiro atoms. The molecule has 0 bridgehead atoms. The van der Waals surface area contributed by atoms with Gasteiger partial charge >= 0.3 is 0 Å². The van der Waals surface area contributed by atoms with Gasteiger partial charge in [-0.25, -0.2) is 8.42 Å². The highest BCUT2D eigenvalue weighted by molar-refractivity contribution is 7.96. The summed E-state index contributed by atoms with van der Waals surface area (Å²) in [5.74, 6) is -0.956. The van der Waals surface area contributed by atoms with Crippen LogP contribution in [0.3, 0.4) is 0 Å². The lowest BCUT2D eigenvalue weighted by Gasteiger charge is -2.33. The second-order valence-electron chi connectivity index (χ2n) is 3.65. The van der Waals surface area contributed by atoms with E-state index < -0.39 is 21.5 Å². The maximum absolute atomic E-state index is 11.6. The second kappa shape index (κ2) is 3.35. The summed E-state index contributed by atoms with van der Waals surface area (Å²) >= 11 is 0. The Hall–Kier alpha value is -1.35. The molecule has 0 N–H and O–H groups in total. The highest BCUT2D eigenvalue weighted by atomic mass is 32.2. The van der Waals surface area contributed by atoms with Gasteiger partial charge in [-0.1, -0.05) is 0 Å². The van der Waals surface area contributed by atoms with Crippen LogP contribution in [0.15, 0.2) is 10.6 Å². The summed E-state index contributed by atoms with van der Waals surface area (Å²) in [5, 5.41) is 8.83. The molecule has 0 atom stereocenters. The molecule has 2 rings (SSSR count). The van der Waals surface area contributed by atoms with Crippen molar-refractivity contribution in [3.05, 3.63) is 10.6 Å². The van der Waals surface area contributed by atoms with E-state index in [1.807, 2.05) is 0 Å². The van der Waals surface area contributed by atoms with E-state index in [0.29, 0.717) is 18.7 Å². The second-order valence-corrected chi connectivity index (χ2v) is 5.58. The minimum absolute atomic E-state index is 0.207. The zero-order chi connectivity index (χ0) is 11.1. The quantitative estimate of drug-likeness (QED) is 0.589. The number of sulfone groups is 1. The van der Waals surface area contributed by atoms with Crippen molar-refractivity contribution in [1.82, 2.24) is 4.90 Å². The summed E-state index contributed by atoms with van der Waals surface area (Å²) in [7, 11) is -3.67. The van der Waals surface area contributed by atoms with Crippen molar-refractivity contribution in [2.45, 2.75) is 19.3 Å². The lowest BCUT2D eigenvalue weighted by atomic mass is 10.1. The van der Waals surface area contributed by atoms with Gasteiger partial charge in [-0.15, -0.1) is 0 Å². The van der Waals surface area contributed by atoms with Crippen LogP contribution in [0.2, 0.25) is 0 Å². The molecular formula is C9H10N2O3S. The van der Waals surface area contributed by atoms with Gasteiger partial charge in [-0.2, -0.15) is 5.26 Å². The number of piperidine rings is 1. The first-order valence-corrected chi connectivity index (χ1v) is 6.38. The lowest BCUT2D eigenvalue weighted by molar-refractivity contribution is -0.127. The SMILES string of the molecule is N#CC1=C2CCCCN2C(=O)CS1(=O)=O. The standard InChI is InChI=1S/C9H10N2O3S/c10-5-8-7-3-1-2-4-11(7)9(12)6-15(8,13)14/h1-4,6H2. The molecule has 0 saturated carbocycles. The van der Waals surface area contributed by atoms with Gasteiger partial charge in [-0.3, -0.25) is 4.79 Å². The molecule has 80 valence electrons. The highest BCUT2D eigenvalue weighted by Gasteiger charge is 2.37. The van der Waals surface area contributed by atoms with Crippen molar-refractivity contribution >= 4 is 15.7 Å². The number of amides is 1. The molecule has 0 aliphatic carbocycles. The van der Waals surface area contributed by atoms with E-state index in [1.54, 1.807) is 6.07 Å². The van der Waals surface area contributed by atoms with E-state index >= 15 is 0 Å². The maximum atomic E-state index is 11.6. The van der Waals surface area contributed by atoms with Gasteiger partial charge < -0.3 is 4.90 Å². The van der Waals surface area contributed by atoms with Gasteiger partial charge in [0, 0.05) is 6.54 Å². The van der Waals surface area contributed by atoms with Crippen molar-refractivity contribution in [3.63, 3.8) is 0 Å². The van der Waals surface area contributed by atoms with Crippen molar-refractivity contribution in [3.8, 4) is 6.07 Å². The number of carbonyl (C=O) groups is 1. The van der Waals surface area contributed by atoms with E-state index in [1.165, 1.54) is 4.90 Å². The normalized spacial score (nSPS) is 24.7. The van der Waals surface area contributed by atoms with Gasteiger partial charge in [0.25, 0.3) is 0 Å². The molecular weight excluding hydrogens is 216 g/mol. The Labute approximate surface area is 87.9 Å². The number of allylic oxidation sites excluding steroid dienone is 2. The van der Waals surface area contributed by atoms with E-state index in [2.05, 4.69) is 0 Å². The van der Waals surface area contributed by atoms with E-state index in [4.69, 9.17) is 5.26 Å². The Kier molecular flexibility index (Phi) is 2.27. The topological polar surface area (TPSA) is 78.2 Å². The first kappa shape index (κ1) is 10.2. The van der Waals surface area contributed by atoms with E-state index in [9.17, 15) is 13.2 Å². The molecule has 1 saturated heterocycles. The predicted octanol–water partition coefficient (Wildman–Crippen LogP) is 0.162.